The molecule has 23 heavy (non-hydrogen) atoms. The molecule has 0 atom stereocenters. The monoisotopic (exact) mass is 318 g/mol. The van der Waals surface area contributed by atoms with Crippen LogP contribution in [0.15, 0.2) is 24.3 Å². The molecule has 0 radical (unpaired) electrons. The number of carbonyl (C=O) groups excluding carboxylic acids is 1. The molecule has 1 amide bonds. The van der Waals surface area contributed by atoms with Gasteiger partial charge < -0.3 is 9.64 Å². The average molecular weight is 318 g/mol. The van der Waals surface area contributed by atoms with Crippen molar-refractivity contribution in [2.45, 2.75) is 39.5 Å². The molecule has 1 aliphatic rings. The van der Waals surface area contributed by atoms with E-state index in [4.69, 9.17) is 4.74 Å². The smallest absolute Gasteiger partial charge is 0.222 e. The average Bonchev–Trinajstić information content (AvgIpc) is 2.57. The minimum absolute atomic E-state index is 0.302. The van der Waals surface area contributed by atoms with Crippen molar-refractivity contribution in [3.05, 3.63) is 29.8 Å². The Balaban J connectivity index is 1.55. The molecule has 4 heteroatoms. The normalized spacial score (nSPS) is 15.7. The van der Waals surface area contributed by atoms with E-state index in [9.17, 15) is 4.79 Å². The van der Waals surface area contributed by atoms with Crippen molar-refractivity contribution in [1.82, 2.24) is 9.80 Å². The summed E-state index contributed by atoms with van der Waals surface area (Å²) < 4.78 is 5.70. The number of nitrogens with zero attached hydrogens (tertiary/aromatic N) is 2. The van der Waals surface area contributed by atoms with Crippen molar-refractivity contribution in [2.24, 2.45) is 0 Å². The Morgan fingerprint density at radius 3 is 2.43 bits per heavy atom. The number of carbonyl (C=O) groups is 1. The number of unbranched alkanes of at least 4 members (excludes halogenated alkanes) is 1. The molecule has 1 fully saturated rings. The molecule has 1 aliphatic heterocycles. The van der Waals surface area contributed by atoms with Crippen LogP contribution in [0.3, 0.4) is 0 Å². The van der Waals surface area contributed by atoms with Gasteiger partial charge in [0.15, 0.2) is 0 Å². The maximum Gasteiger partial charge on any atom is 0.222 e. The van der Waals surface area contributed by atoms with Crippen molar-refractivity contribution in [3.8, 4) is 5.75 Å². The van der Waals surface area contributed by atoms with Crippen LogP contribution in [0.4, 0.5) is 0 Å². The number of ether oxygens (including phenoxy) is 1. The molecule has 0 unspecified atom stereocenters. The standard InChI is InChI=1S/C19H30N2O2/c1-3-11-20-12-14-21(15-13-20)19(22)6-4-5-16-23-18-9-7-17(2)8-10-18/h7-10H,3-6,11-16H2,1-2H3. The summed E-state index contributed by atoms with van der Waals surface area (Å²) in [5.74, 6) is 1.21. The van der Waals surface area contributed by atoms with Gasteiger partial charge in [0.2, 0.25) is 5.91 Å². The molecule has 0 aromatic heterocycles. The van der Waals surface area contributed by atoms with E-state index in [1.807, 2.05) is 17.0 Å². The van der Waals surface area contributed by atoms with Crippen LogP contribution < -0.4 is 4.74 Å². The summed E-state index contributed by atoms with van der Waals surface area (Å²) in [5.41, 5.74) is 1.24. The molecule has 1 aromatic rings. The van der Waals surface area contributed by atoms with Gasteiger partial charge in [-0.15, -0.1) is 0 Å². The molecule has 0 saturated carbocycles. The number of piperazine rings is 1. The molecule has 0 spiro atoms. The summed E-state index contributed by atoms with van der Waals surface area (Å²) in [5, 5.41) is 0. The van der Waals surface area contributed by atoms with E-state index in [0.29, 0.717) is 18.9 Å². The van der Waals surface area contributed by atoms with E-state index in [0.717, 1.165) is 51.3 Å². The van der Waals surface area contributed by atoms with Gasteiger partial charge in [0.25, 0.3) is 0 Å². The number of amides is 1. The second-order valence-corrected chi connectivity index (χ2v) is 6.34. The van der Waals surface area contributed by atoms with E-state index in [1.165, 1.54) is 12.0 Å². The maximum absolute atomic E-state index is 12.2. The summed E-state index contributed by atoms with van der Waals surface area (Å²) in [6.07, 6.45) is 3.66. The second-order valence-electron chi connectivity index (χ2n) is 6.34. The molecule has 1 saturated heterocycles. The molecule has 1 aromatic carbocycles. The Labute approximate surface area is 140 Å². The van der Waals surface area contributed by atoms with Crippen molar-refractivity contribution >= 4 is 5.91 Å². The Kier molecular flexibility index (Phi) is 7.40. The van der Waals surface area contributed by atoms with E-state index in [2.05, 4.69) is 30.9 Å². The lowest BCUT2D eigenvalue weighted by molar-refractivity contribution is -0.133. The first kappa shape index (κ1) is 17.8. The number of hydrogen-bond donors (Lipinski definition) is 0. The van der Waals surface area contributed by atoms with Gasteiger partial charge in [-0.05, 0) is 44.9 Å². The van der Waals surface area contributed by atoms with Gasteiger partial charge in [-0.3, -0.25) is 9.69 Å². The number of hydrogen-bond acceptors (Lipinski definition) is 3. The van der Waals surface area contributed by atoms with Crippen molar-refractivity contribution < 1.29 is 9.53 Å². The molecule has 0 N–H and O–H groups in total. The fraction of sp³-hybridized carbons (Fsp3) is 0.632. The first-order chi connectivity index (χ1) is 11.2. The lowest BCUT2D eigenvalue weighted by atomic mass is 10.2. The molecule has 0 bridgehead atoms. The van der Waals surface area contributed by atoms with Gasteiger partial charge in [-0.25, -0.2) is 0 Å². The fourth-order valence-corrected chi connectivity index (χ4v) is 2.90. The van der Waals surface area contributed by atoms with E-state index < -0.39 is 0 Å². The molecular weight excluding hydrogens is 288 g/mol. The SMILES string of the molecule is CCCN1CCN(C(=O)CCCCOc2ccc(C)cc2)CC1. The molecule has 1 heterocycles. The van der Waals surface area contributed by atoms with Crippen molar-refractivity contribution in [3.63, 3.8) is 0 Å². The number of benzene rings is 1. The number of aryl methyl sites for hydroxylation is 1. The van der Waals surface area contributed by atoms with E-state index in [-0.39, 0.29) is 0 Å². The summed E-state index contributed by atoms with van der Waals surface area (Å²) in [6.45, 7) is 9.93. The third-order valence-electron chi connectivity index (χ3n) is 4.34. The molecular formula is C19H30N2O2. The van der Waals surface area contributed by atoms with Gasteiger partial charge in [0.1, 0.15) is 5.75 Å². The molecule has 4 nitrogen and oxygen atoms in total. The first-order valence-corrected chi connectivity index (χ1v) is 8.88. The zero-order chi connectivity index (χ0) is 16.5. The summed E-state index contributed by atoms with van der Waals surface area (Å²) >= 11 is 0. The highest BCUT2D eigenvalue weighted by atomic mass is 16.5. The Morgan fingerprint density at radius 1 is 1.09 bits per heavy atom. The summed E-state index contributed by atoms with van der Waals surface area (Å²) in [6, 6.07) is 8.10. The van der Waals surface area contributed by atoms with Crippen LogP contribution in [0.5, 0.6) is 5.75 Å². The van der Waals surface area contributed by atoms with Gasteiger partial charge in [0.05, 0.1) is 6.61 Å². The molecule has 0 aliphatic carbocycles. The fourth-order valence-electron chi connectivity index (χ4n) is 2.90. The topological polar surface area (TPSA) is 32.8 Å². The number of rotatable bonds is 8. The van der Waals surface area contributed by atoms with Gasteiger partial charge in [-0.2, -0.15) is 0 Å². The Hall–Kier alpha value is -1.55. The van der Waals surface area contributed by atoms with Crippen LogP contribution >= 0.6 is 0 Å². The predicted molar refractivity (Wildman–Crippen MR) is 93.8 cm³/mol. The van der Waals surface area contributed by atoms with Gasteiger partial charge in [-0.1, -0.05) is 24.6 Å². The first-order valence-electron chi connectivity index (χ1n) is 8.88. The third-order valence-corrected chi connectivity index (χ3v) is 4.34. The van der Waals surface area contributed by atoms with E-state index in [1.54, 1.807) is 0 Å². The van der Waals surface area contributed by atoms with Crippen LogP contribution in [0, 0.1) is 6.92 Å². The zero-order valence-electron chi connectivity index (χ0n) is 14.6. The Bertz CT molecular complexity index is 465. The minimum atomic E-state index is 0.302. The van der Waals surface area contributed by atoms with Gasteiger partial charge >= 0.3 is 0 Å². The van der Waals surface area contributed by atoms with Crippen molar-refractivity contribution in [2.75, 3.05) is 39.3 Å². The van der Waals surface area contributed by atoms with Crippen LogP contribution in [-0.2, 0) is 4.79 Å². The largest absolute Gasteiger partial charge is 0.494 e. The quantitative estimate of drug-likeness (QED) is 0.691. The zero-order valence-corrected chi connectivity index (χ0v) is 14.6. The van der Waals surface area contributed by atoms with Crippen molar-refractivity contribution in [1.29, 1.82) is 0 Å². The Morgan fingerprint density at radius 2 is 1.78 bits per heavy atom. The minimum Gasteiger partial charge on any atom is -0.494 e. The summed E-state index contributed by atoms with van der Waals surface area (Å²) in [4.78, 5) is 16.7. The lowest BCUT2D eigenvalue weighted by Gasteiger charge is -2.34. The second kappa shape index (κ2) is 9.56. The highest BCUT2D eigenvalue weighted by Crippen LogP contribution is 2.12. The lowest BCUT2D eigenvalue weighted by Crippen LogP contribution is -2.48. The molecule has 2 rings (SSSR count). The molecule has 128 valence electrons. The van der Waals surface area contributed by atoms with Crippen LogP contribution in [0.1, 0.15) is 38.2 Å². The van der Waals surface area contributed by atoms with Gasteiger partial charge in [0, 0.05) is 32.6 Å². The third kappa shape index (κ3) is 6.22. The maximum atomic E-state index is 12.2. The van der Waals surface area contributed by atoms with Crippen LogP contribution in [-0.4, -0.2) is 55.0 Å². The predicted octanol–water partition coefficient (Wildman–Crippen LogP) is 3.10. The highest BCUT2D eigenvalue weighted by Gasteiger charge is 2.19. The van der Waals surface area contributed by atoms with E-state index >= 15 is 0 Å². The van der Waals surface area contributed by atoms with Crippen LogP contribution in [0.25, 0.3) is 0 Å². The summed E-state index contributed by atoms with van der Waals surface area (Å²) in [7, 11) is 0. The van der Waals surface area contributed by atoms with Crippen LogP contribution in [0.2, 0.25) is 0 Å². The highest BCUT2D eigenvalue weighted by molar-refractivity contribution is 5.76.